The SMILES string of the molecule is CC(C)(F)C[C@@H](C(N)=O)N(C(C#N)Cc1ccc(C#N)cc1)[C@@H](c1ccc(-c2ccc(S(C)(=O)=O)cc2)cc1)C(F)(F)F. The number of hydrogen-bond donors (Lipinski definition) is 1. The van der Waals surface area contributed by atoms with Crippen LogP contribution in [0.5, 0.6) is 0 Å². The molecule has 43 heavy (non-hydrogen) atoms. The maximum absolute atomic E-state index is 14.9. The van der Waals surface area contributed by atoms with Gasteiger partial charge in [0, 0.05) is 19.1 Å². The molecule has 0 aromatic heterocycles. The van der Waals surface area contributed by atoms with Crippen LogP contribution in [0.15, 0.2) is 77.7 Å². The Labute approximate surface area is 248 Å². The summed E-state index contributed by atoms with van der Waals surface area (Å²) in [5.74, 6) is -1.22. The summed E-state index contributed by atoms with van der Waals surface area (Å²) in [6.07, 6.45) is -4.94. The predicted molar refractivity (Wildman–Crippen MR) is 153 cm³/mol. The van der Waals surface area contributed by atoms with E-state index >= 15 is 0 Å². The first-order chi connectivity index (χ1) is 19.9. The lowest BCUT2D eigenvalue weighted by molar-refractivity contribution is -0.198. The van der Waals surface area contributed by atoms with Crippen molar-refractivity contribution in [2.75, 3.05) is 6.26 Å². The molecule has 226 valence electrons. The largest absolute Gasteiger partial charge is 0.408 e. The van der Waals surface area contributed by atoms with Gasteiger partial charge in [-0.05, 0) is 60.4 Å². The number of nitrogens with two attached hydrogens (primary N) is 1. The van der Waals surface area contributed by atoms with Gasteiger partial charge < -0.3 is 5.73 Å². The summed E-state index contributed by atoms with van der Waals surface area (Å²) in [7, 11) is -3.45. The van der Waals surface area contributed by atoms with Gasteiger partial charge in [0.15, 0.2) is 9.84 Å². The molecule has 0 saturated heterocycles. The predicted octanol–water partition coefficient (Wildman–Crippen LogP) is 5.66. The maximum Gasteiger partial charge on any atom is 0.408 e. The van der Waals surface area contributed by atoms with Crippen LogP contribution in [0.3, 0.4) is 0 Å². The number of benzene rings is 3. The van der Waals surface area contributed by atoms with Crippen molar-refractivity contribution in [3.05, 3.63) is 89.5 Å². The van der Waals surface area contributed by atoms with Gasteiger partial charge in [-0.15, -0.1) is 0 Å². The minimum atomic E-state index is -5.02. The van der Waals surface area contributed by atoms with E-state index in [-0.39, 0.29) is 16.9 Å². The van der Waals surface area contributed by atoms with Gasteiger partial charge in [-0.3, -0.25) is 9.69 Å². The van der Waals surface area contributed by atoms with Gasteiger partial charge in [-0.25, -0.2) is 12.8 Å². The molecule has 1 amide bonds. The molecule has 0 heterocycles. The summed E-state index contributed by atoms with van der Waals surface area (Å²) in [4.78, 5) is 13.4. The molecule has 0 spiro atoms. The molecule has 0 aliphatic carbocycles. The highest BCUT2D eigenvalue weighted by atomic mass is 32.2. The van der Waals surface area contributed by atoms with Crippen LogP contribution in [0.25, 0.3) is 11.1 Å². The van der Waals surface area contributed by atoms with Gasteiger partial charge in [0.25, 0.3) is 0 Å². The second-order valence-electron chi connectivity index (χ2n) is 10.8. The van der Waals surface area contributed by atoms with Crippen molar-refractivity contribution in [2.45, 2.75) is 61.6 Å². The number of hydrogen-bond acceptors (Lipinski definition) is 6. The van der Waals surface area contributed by atoms with E-state index in [4.69, 9.17) is 11.0 Å². The molecule has 7 nitrogen and oxygen atoms in total. The Bertz CT molecular complexity index is 1620. The first kappa shape index (κ1) is 33.2. The van der Waals surface area contributed by atoms with E-state index in [1.54, 1.807) is 0 Å². The fourth-order valence-corrected chi connectivity index (χ4v) is 5.46. The zero-order chi connectivity index (χ0) is 32.2. The molecule has 3 aromatic rings. The monoisotopic (exact) mass is 614 g/mol. The van der Waals surface area contributed by atoms with E-state index in [0.717, 1.165) is 20.1 Å². The maximum atomic E-state index is 14.9. The van der Waals surface area contributed by atoms with Crippen LogP contribution in [0, 0.1) is 22.7 Å². The van der Waals surface area contributed by atoms with Crippen molar-refractivity contribution in [2.24, 2.45) is 5.73 Å². The number of carbonyl (C=O) groups is 1. The second kappa shape index (κ2) is 12.9. The molecule has 3 atom stereocenters. The normalized spacial score (nSPS) is 14.4. The molecule has 0 aliphatic rings. The van der Waals surface area contributed by atoms with Gasteiger partial charge in [-0.1, -0.05) is 48.5 Å². The number of amides is 1. The van der Waals surface area contributed by atoms with Crippen molar-refractivity contribution >= 4 is 15.7 Å². The highest BCUT2D eigenvalue weighted by molar-refractivity contribution is 7.90. The Morgan fingerprint density at radius 3 is 1.81 bits per heavy atom. The van der Waals surface area contributed by atoms with Crippen LogP contribution in [0.4, 0.5) is 17.6 Å². The third-order valence-corrected chi connectivity index (χ3v) is 7.97. The van der Waals surface area contributed by atoms with Crippen LogP contribution in [0.1, 0.15) is 43.0 Å². The number of primary amides is 1. The molecule has 0 saturated carbocycles. The van der Waals surface area contributed by atoms with Crippen molar-refractivity contribution in [3.8, 4) is 23.3 Å². The van der Waals surface area contributed by atoms with Crippen LogP contribution < -0.4 is 5.73 Å². The summed E-state index contributed by atoms with van der Waals surface area (Å²) >= 11 is 0. The zero-order valence-electron chi connectivity index (χ0n) is 23.6. The first-order valence-electron chi connectivity index (χ1n) is 13.1. The first-order valence-corrected chi connectivity index (χ1v) is 15.0. The molecule has 0 radical (unpaired) electrons. The summed E-state index contributed by atoms with van der Waals surface area (Å²) in [6.45, 7) is 2.21. The average Bonchev–Trinajstić information content (AvgIpc) is 2.92. The van der Waals surface area contributed by atoms with E-state index in [2.05, 4.69) is 0 Å². The van der Waals surface area contributed by atoms with Crippen molar-refractivity contribution < 1.29 is 30.8 Å². The Balaban J connectivity index is 2.13. The number of carbonyl (C=O) groups excluding carboxylic acids is 1. The van der Waals surface area contributed by atoms with Crippen molar-refractivity contribution in [1.82, 2.24) is 4.90 Å². The van der Waals surface area contributed by atoms with E-state index in [1.165, 1.54) is 72.8 Å². The average molecular weight is 615 g/mol. The molecule has 0 aliphatic heterocycles. The number of nitriles is 2. The summed E-state index contributed by atoms with van der Waals surface area (Å²) in [6, 6.07) is 14.8. The molecular formula is C31H30F4N4O3S. The van der Waals surface area contributed by atoms with E-state index < -0.39 is 52.1 Å². The molecule has 12 heteroatoms. The van der Waals surface area contributed by atoms with Gasteiger partial charge in [0.1, 0.15) is 17.8 Å². The Morgan fingerprint density at radius 2 is 1.42 bits per heavy atom. The smallest absolute Gasteiger partial charge is 0.368 e. The van der Waals surface area contributed by atoms with E-state index in [9.17, 15) is 36.0 Å². The molecule has 3 aromatic carbocycles. The van der Waals surface area contributed by atoms with E-state index in [0.29, 0.717) is 27.2 Å². The van der Waals surface area contributed by atoms with Crippen LogP contribution in [-0.4, -0.2) is 49.4 Å². The van der Waals surface area contributed by atoms with Gasteiger partial charge >= 0.3 is 6.18 Å². The minimum absolute atomic E-state index is 0.0822. The summed E-state index contributed by atoms with van der Waals surface area (Å²) in [5.41, 5.74) is 4.91. The number of halogens is 4. The Hall–Kier alpha value is -4.26. The third-order valence-electron chi connectivity index (χ3n) is 6.84. The Morgan fingerprint density at radius 1 is 0.907 bits per heavy atom. The zero-order valence-corrected chi connectivity index (χ0v) is 24.5. The number of rotatable bonds is 11. The molecule has 3 rings (SSSR count). The van der Waals surface area contributed by atoms with Gasteiger partial charge in [-0.2, -0.15) is 23.7 Å². The number of sulfone groups is 1. The fourth-order valence-electron chi connectivity index (χ4n) is 4.83. The highest BCUT2D eigenvalue weighted by Crippen LogP contribution is 2.42. The lowest BCUT2D eigenvalue weighted by Gasteiger charge is -2.41. The van der Waals surface area contributed by atoms with Crippen molar-refractivity contribution in [3.63, 3.8) is 0 Å². The lowest BCUT2D eigenvalue weighted by atomic mass is 9.91. The van der Waals surface area contributed by atoms with Gasteiger partial charge in [0.05, 0.1) is 28.6 Å². The second-order valence-corrected chi connectivity index (χ2v) is 12.8. The summed E-state index contributed by atoms with van der Waals surface area (Å²) < 4.78 is 83.2. The van der Waals surface area contributed by atoms with Crippen LogP contribution in [-0.2, 0) is 21.1 Å². The summed E-state index contributed by atoms with van der Waals surface area (Å²) in [5, 5.41) is 19.2. The quantitative estimate of drug-likeness (QED) is 0.278. The molecular weight excluding hydrogens is 584 g/mol. The standard InChI is InChI=1S/C31H30F4N4O3S/c1-30(2,32)17-27(29(38)40)39(25(19-37)16-20-4-6-21(18-36)7-5-20)28(31(33,34)35)24-10-8-22(9-11-24)23-12-14-26(15-13-23)43(3,41)42/h4-15,25,27-28H,16-17H2,1-3H3,(H2,38,40)/t25?,27-,28-/m0/s1. The highest BCUT2D eigenvalue weighted by Gasteiger charge is 2.51. The van der Waals surface area contributed by atoms with Crippen molar-refractivity contribution in [1.29, 1.82) is 10.5 Å². The third kappa shape index (κ3) is 8.63. The molecule has 1 unspecified atom stereocenters. The molecule has 0 bridgehead atoms. The Kier molecular flexibility index (Phi) is 10.0. The number of nitrogens with zero attached hydrogens (tertiary/aromatic N) is 3. The van der Waals surface area contributed by atoms with Crippen LogP contribution >= 0.6 is 0 Å². The number of alkyl halides is 4. The molecule has 2 N–H and O–H groups in total. The van der Waals surface area contributed by atoms with Crippen LogP contribution in [0.2, 0.25) is 0 Å². The topological polar surface area (TPSA) is 128 Å². The van der Waals surface area contributed by atoms with Gasteiger partial charge in [0.2, 0.25) is 5.91 Å². The lowest BCUT2D eigenvalue weighted by Crippen LogP contribution is -2.56. The minimum Gasteiger partial charge on any atom is -0.368 e. The fraction of sp³-hybridized carbons (Fsp3) is 0.323. The molecule has 0 fully saturated rings. The van der Waals surface area contributed by atoms with E-state index in [1.807, 2.05) is 12.1 Å².